The Morgan fingerprint density at radius 2 is 1.83 bits per heavy atom. The van der Waals surface area contributed by atoms with Crippen LogP contribution in [0.1, 0.15) is 72.1 Å². The summed E-state index contributed by atoms with van der Waals surface area (Å²) in [5.41, 5.74) is 5.61. The van der Waals surface area contributed by atoms with Gasteiger partial charge in [0.05, 0.1) is 5.54 Å². The number of carbonyl (C=O) groups excluding carboxylic acids is 1. The molecule has 0 saturated heterocycles. The molecule has 0 aromatic carbocycles. The molecule has 1 rings (SSSR count). The first kappa shape index (κ1) is 15.5. The highest BCUT2D eigenvalue weighted by atomic mass is 16.2. The average molecular weight is 254 g/mol. The molecule has 0 aliphatic heterocycles. The molecule has 3 nitrogen and oxygen atoms in total. The first-order valence-electron chi connectivity index (χ1n) is 7.47. The van der Waals surface area contributed by atoms with Gasteiger partial charge >= 0.3 is 0 Å². The van der Waals surface area contributed by atoms with Gasteiger partial charge in [0.1, 0.15) is 0 Å². The molecule has 0 aromatic heterocycles. The number of nitrogens with one attached hydrogen (secondary N) is 1. The zero-order valence-electron chi connectivity index (χ0n) is 12.3. The summed E-state index contributed by atoms with van der Waals surface area (Å²) in [6.07, 6.45) is 9.41. The average Bonchev–Trinajstić information content (AvgIpc) is 2.51. The monoisotopic (exact) mass is 254 g/mol. The van der Waals surface area contributed by atoms with E-state index in [-0.39, 0.29) is 11.3 Å². The van der Waals surface area contributed by atoms with Crippen LogP contribution in [0.2, 0.25) is 0 Å². The van der Waals surface area contributed by atoms with E-state index >= 15 is 0 Å². The number of hydrogen-bond acceptors (Lipinski definition) is 2. The zero-order valence-corrected chi connectivity index (χ0v) is 12.3. The van der Waals surface area contributed by atoms with Crippen molar-refractivity contribution in [3.05, 3.63) is 0 Å². The minimum atomic E-state index is -0.712. The normalized spacial score (nSPS) is 22.9. The van der Waals surface area contributed by atoms with Crippen molar-refractivity contribution in [1.29, 1.82) is 0 Å². The molecule has 18 heavy (non-hydrogen) atoms. The highest BCUT2D eigenvalue weighted by Crippen LogP contribution is 2.33. The van der Waals surface area contributed by atoms with Crippen LogP contribution in [-0.4, -0.2) is 18.0 Å². The fraction of sp³-hybridized carbons (Fsp3) is 0.933. The van der Waals surface area contributed by atoms with Crippen LogP contribution in [0.5, 0.6) is 0 Å². The van der Waals surface area contributed by atoms with Crippen LogP contribution in [0.4, 0.5) is 0 Å². The first-order chi connectivity index (χ1) is 8.40. The van der Waals surface area contributed by atoms with Crippen LogP contribution in [0, 0.1) is 5.41 Å². The number of carbonyl (C=O) groups is 1. The van der Waals surface area contributed by atoms with Gasteiger partial charge in [0.2, 0.25) is 5.91 Å². The van der Waals surface area contributed by atoms with Crippen LogP contribution < -0.4 is 11.1 Å². The van der Waals surface area contributed by atoms with Crippen molar-refractivity contribution >= 4 is 5.91 Å². The smallest absolute Gasteiger partial charge is 0.239 e. The van der Waals surface area contributed by atoms with Crippen molar-refractivity contribution in [2.75, 3.05) is 6.54 Å². The lowest BCUT2D eigenvalue weighted by atomic mass is 9.82. The van der Waals surface area contributed by atoms with Crippen LogP contribution in [-0.2, 0) is 4.79 Å². The maximum absolute atomic E-state index is 12.1. The number of rotatable bonds is 5. The predicted molar refractivity (Wildman–Crippen MR) is 76.3 cm³/mol. The maximum Gasteiger partial charge on any atom is 0.239 e. The summed E-state index contributed by atoms with van der Waals surface area (Å²) in [6, 6.07) is 0. The van der Waals surface area contributed by atoms with E-state index in [9.17, 15) is 4.79 Å². The van der Waals surface area contributed by atoms with Gasteiger partial charge in [0.15, 0.2) is 0 Å². The van der Waals surface area contributed by atoms with E-state index in [1.165, 1.54) is 38.5 Å². The van der Waals surface area contributed by atoms with Gasteiger partial charge in [-0.05, 0) is 31.6 Å². The Balaban J connectivity index is 2.45. The first-order valence-corrected chi connectivity index (χ1v) is 7.47. The van der Waals surface area contributed by atoms with Gasteiger partial charge in [-0.1, -0.05) is 46.0 Å². The minimum absolute atomic E-state index is 0.00909. The summed E-state index contributed by atoms with van der Waals surface area (Å²) in [5, 5.41) is 3.08. The molecule has 1 unspecified atom stereocenters. The quantitative estimate of drug-likeness (QED) is 0.741. The third kappa shape index (κ3) is 4.60. The summed E-state index contributed by atoms with van der Waals surface area (Å²) >= 11 is 0. The SMILES string of the molecule is CCCC(C)(N)C(=O)NCC1(C)CCCCCC1. The lowest BCUT2D eigenvalue weighted by Crippen LogP contribution is -2.53. The third-order valence-corrected chi connectivity index (χ3v) is 4.27. The molecule has 0 spiro atoms. The van der Waals surface area contributed by atoms with Gasteiger partial charge in [-0.25, -0.2) is 0 Å². The molecular formula is C15H30N2O. The summed E-state index contributed by atoms with van der Waals surface area (Å²) in [6.45, 7) is 6.97. The Morgan fingerprint density at radius 3 is 2.33 bits per heavy atom. The molecular weight excluding hydrogens is 224 g/mol. The van der Waals surface area contributed by atoms with Crippen molar-refractivity contribution in [3.63, 3.8) is 0 Å². The summed E-state index contributed by atoms with van der Waals surface area (Å²) in [4.78, 5) is 12.1. The third-order valence-electron chi connectivity index (χ3n) is 4.27. The minimum Gasteiger partial charge on any atom is -0.354 e. The predicted octanol–water partition coefficient (Wildman–Crippen LogP) is 2.98. The molecule has 3 heteroatoms. The number of amides is 1. The Bertz CT molecular complexity index is 266. The Hall–Kier alpha value is -0.570. The van der Waals surface area contributed by atoms with Crippen LogP contribution in [0.15, 0.2) is 0 Å². The second-order valence-corrected chi connectivity index (χ2v) is 6.58. The number of hydrogen-bond donors (Lipinski definition) is 2. The highest BCUT2D eigenvalue weighted by molar-refractivity contribution is 5.85. The molecule has 1 aliphatic rings. The van der Waals surface area contributed by atoms with Gasteiger partial charge in [-0.2, -0.15) is 0 Å². The Kier molecular flexibility index (Phi) is 5.64. The van der Waals surface area contributed by atoms with Crippen molar-refractivity contribution < 1.29 is 4.79 Å². The van der Waals surface area contributed by atoms with Gasteiger partial charge in [0, 0.05) is 6.54 Å². The molecule has 3 N–H and O–H groups in total. The highest BCUT2D eigenvalue weighted by Gasteiger charge is 2.31. The molecule has 1 amide bonds. The fourth-order valence-electron chi connectivity index (χ4n) is 2.89. The zero-order chi connectivity index (χ0) is 13.6. The molecule has 1 saturated carbocycles. The molecule has 0 bridgehead atoms. The Labute approximate surface area is 112 Å². The molecule has 106 valence electrons. The second-order valence-electron chi connectivity index (χ2n) is 6.58. The van der Waals surface area contributed by atoms with E-state index in [2.05, 4.69) is 19.2 Å². The molecule has 1 atom stereocenters. The standard InChI is InChI=1S/C15H30N2O/c1-4-9-15(3,16)13(18)17-12-14(2)10-7-5-6-8-11-14/h4-12,16H2,1-3H3,(H,17,18). The van der Waals surface area contributed by atoms with E-state index in [1.54, 1.807) is 0 Å². The van der Waals surface area contributed by atoms with E-state index in [0.717, 1.165) is 19.4 Å². The van der Waals surface area contributed by atoms with Gasteiger partial charge < -0.3 is 11.1 Å². The van der Waals surface area contributed by atoms with Crippen molar-refractivity contribution in [1.82, 2.24) is 5.32 Å². The topological polar surface area (TPSA) is 55.1 Å². The summed E-state index contributed by atoms with van der Waals surface area (Å²) < 4.78 is 0. The number of nitrogens with two attached hydrogens (primary N) is 1. The van der Waals surface area contributed by atoms with Crippen molar-refractivity contribution in [2.45, 2.75) is 77.7 Å². The van der Waals surface area contributed by atoms with Gasteiger partial charge in [0.25, 0.3) is 0 Å². The Morgan fingerprint density at radius 1 is 1.28 bits per heavy atom. The summed E-state index contributed by atoms with van der Waals surface area (Å²) in [5.74, 6) is 0.00909. The van der Waals surface area contributed by atoms with E-state index in [0.29, 0.717) is 0 Å². The fourth-order valence-corrected chi connectivity index (χ4v) is 2.89. The van der Waals surface area contributed by atoms with E-state index < -0.39 is 5.54 Å². The lowest BCUT2D eigenvalue weighted by Gasteiger charge is -2.31. The van der Waals surface area contributed by atoms with Crippen molar-refractivity contribution in [3.8, 4) is 0 Å². The maximum atomic E-state index is 12.1. The lowest BCUT2D eigenvalue weighted by molar-refractivity contribution is -0.126. The van der Waals surface area contributed by atoms with Crippen LogP contribution >= 0.6 is 0 Å². The van der Waals surface area contributed by atoms with Crippen LogP contribution in [0.3, 0.4) is 0 Å². The van der Waals surface area contributed by atoms with Crippen LogP contribution in [0.25, 0.3) is 0 Å². The molecule has 0 aromatic rings. The van der Waals surface area contributed by atoms with Gasteiger partial charge in [-0.3, -0.25) is 4.79 Å². The van der Waals surface area contributed by atoms with Gasteiger partial charge in [-0.15, -0.1) is 0 Å². The second kappa shape index (κ2) is 6.55. The van der Waals surface area contributed by atoms with E-state index in [4.69, 9.17) is 5.73 Å². The molecule has 0 heterocycles. The largest absolute Gasteiger partial charge is 0.354 e. The molecule has 0 radical (unpaired) electrons. The van der Waals surface area contributed by atoms with Crippen molar-refractivity contribution in [2.24, 2.45) is 11.1 Å². The van der Waals surface area contributed by atoms with E-state index in [1.807, 2.05) is 6.92 Å². The molecule has 1 aliphatic carbocycles. The summed E-state index contributed by atoms with van der Waals surface area (Å²) in [7, 11) is 0. The molecule has 1 fully saturated rings.